The average molecular weight is 305 g/mol. The molecule has 1 aromatic carbocycles. The third kappa shape index (κ3) is 4.15. The average Bonchev–Trinajstić information content (AvgIpc) is 2.93. The predicted molar refractivity (Wildman–Crippen MR) is 76.5 cm³/mol. The molecule has 0 saturated heterocycles. The molecule has 0 spiro atoms. The van der Waals surface area contributed by atoms with E-state index in [2.05, 4.69) is 9.71 Å². The van der Waals surface area contributed by atoms with Gasteiger partial charge in [-0.15, -0.1) is 0 Å². The summed E-state index contributed by atoms with van der Waals surface area (Å²) in [4.78, 5) is 3.98. The lowest BCUT2D eigenvalue weighted by Gasteiger charge is -2.06. The van der Waals surface area contributed by atoms with Crippen molar-refractivity contribution in [2.24, 2.45) is 0 Å². The highest BCUT2D eigenvalue weighted by Crippen LogP contribution is 2.11. The molecule has 0 radical (unpaired) electrons. The molecule has 0 unspecified atom stereocenters. The van der Waals surface area contributed by atoms with Crippen molar-refractivity contribution in [2.75, 3.05) is 0 Å². The van der Waals surface area contributed by atoms with Gasteiger partial charge in [0.2, 0.25) is 15.9 Å². The van der Waals surface area contributed by atoms with E-state index in [0.717, 1.165) is 0 Å². The standard InChI is InChI=1S/C14H15N3O3S/c1-2-13-8-16-14(20-13)9-17-21(18,19)10-12-6-4-3-5-11(12)7-15/h3-6,8,17H,2,9-10H2,1H3. The topological polar surface area (TPSA) is 96.0 Å². The van der Waals surface area contributed by atoms with E-state index in [1.807, 2.05) is 13.0 Å². The maximum absolute atomic E-state index is 12.0. The highest BCUT2D eigenvalue weighted by atomic mass is 32.2. The maximum Gasteiger partial charge on any atom is 0.216 e. The molecule has 0 atom stereocenters. The van der Waals surface area contributed by atoms with E-state index in [1.165, 1.54) is 0 Å². The van der Waals surface area contributed by atoms with Gasteiger partial charge in [-0.05, 0) is 11.6 Å². The predicted octanol–water partition coefficient (Wildman–Crippen LogP) is 1.73. The molecule has 21 heavy (non-hydrogen) atoms. The number of nitrogens with one attached hydrogen (secondary N) is 1. The molecule has 0 bridgehead atoms. The van der Waals surface area contributed by atoms with Gasteiger partial charge in [0.1, 0.15) is 5.76 Å². The second-order valence-corrected chi connectivity index (χ2v) is 6.23. The van der Waals surface area contributed by atoms with Gasteiger partial charge in [-0.1, -0.05) is 25.1 Å². The molecule has 2 aromatic rings. The van der Waals surface area contributed by atoms with E-state index in [9.17, 15) is 8.42 Å². The molecule has 0 amide bonds. The number of hydrogen-bond donors (Lipinski definition) is 1. The summed E-state index contributed by atoms with van der Waals surface area (Å²) in [5, 5.41) is 8.96. The first-order chi connectivity index (χ1) is 10.0. The summed E-state index contributed by atoms with van der Waals surface area (Å²) in [6, 6.07) is 8.59. The zero-order chi connectivity index (χ0) is 15.3. The molecule has 1 N–H and O–H groups in total. The number of rotatable bonds is 6. The van der Waals surface area contributed by atoms with Gasteiger partial charge in [-0.3, -0.25) is 0 Å². The Morgan fingerprint density at radius 2 is 2.14 bits per heavy atom. The van der Waals surface area contributed by atoms with Crippen molar-refractivity contribution in [1.82, 2.24) is 9.71 Å². The van der Waals surface area contributed by atoms with Crippen LogP contribution < -0.4 is 4.72 Å². The fourth-order valence-electron chi connectivity index (χ4n) is 1.78. The molecular weight excluding hydrogens is 290 g/mol. The number of hydrogen-bond acceptors (Lipinski definition) is 5. The minimum absolute atomic E-state index is 0.00292. The zero-order valence-corrected chi connectivity index (χ0v) is 12.4. The van der Waals surface area contributed by atoms with Crippen molar-refractivity contribution in [3.63, 3.8) is 0 Å². The number of nitrogens with zero attached hydrogens (tertiary/aromatic N) is 2. The maximum atomic E-state index is 12.0. The Kier molecular flexibility index (Phi) is 4.73. The van der Waals surface area contributed by atoms with Crippen LogP contribution in [-0.4, -0.2) is 13.4 Å². The Hall–Kier alpha value is -2.17. The van der Waals surface area contributed by atoms with Crippen LogP contribution in [-0.2, 0) is 28.7 Å². The molecule has 110 valence electrons. The van der Waals surface area contributed by atoms with Crippen LogP contribution in [0.3, 0.4) is 0 Å². The molecule has 1 heterocycles. The first-order valence-corrected chi connectivity index (χ1v) is 8.08. The summed E-state index contributed by atoms with van der Waals surface area (Å²) in [7, 11) is -3.56. The van der Waals surface area contributed by atoms with Crippen LogP contribution >= 0.6 is 0 Å². The van der Waals surface area contributed by atoms with Gasteiger partial charge in [0.05, 0.1) is 30.1 Å². The normalized spacial score (nSPS) is 11.2. The van der Waals surface area contributed by atoms with Crippen LogP contribution in [0.1, 0.15) is 29.7 Å². The third-order valence-electron chi connectivity index (χ3n) is 2.88. The molecule has 6 nitrogen and oxygen atoms in total. The van der Waals surface area contributed by atoms with Gasteiger partial charge < -0.3 is 4.42 Å². The molecule has 1 aromatic heterocycles. The van der Waals surface area contributed by atoms with Gasteiger partial charge in [0.15, 0.2) is 0 Å². The molecule has 0 aliphatic heterocycles. The summed E-state index contributed by atoms with van der Waals surface area (Å²) in [5.41, 5.74) is 0.821. The molecular formula is C14H15N3O3S. The Bertz CT molecular complexity index is 760. The molecule has 0 aliphatic carbocycles. The van der Waals surface area contributed by atoms with Gasteiger partial charge in [0, 0.05) is 6.42 Å². The van der Waals surface area contributed by atoms with Crippen molar-refractivity contribution in [2.45, 2.75) is 25.6 Å². The Morgan fingerprint density at radius 3 is 2.81 bits per heavy atom. The minimum atomic E-state index is -3.56. The fraction of sp³-hybridized carbons (Fsp3) is 0.286. The van der Waals surface area contributed by atoms with E-state index < -0.39 is 10.0 Å². The van der Waals surface area contributed by atoms with Gasteiger partial charge in [0.25, 0.3) is 0 Å². The largest absolute Gasteiger partial charge is 0.444 e. The number of sulfonamides is 1. The lowest BCUT2D eigenvalue weighted by Crippen LogP contribution is -2.25. The Balaban J connectivity index is 2.04. The first kappa shape index (κ1) is 15.2. The summed E-state index contributed by atoms with van der Waals surface area (Å²) < 4.78 is 31.8. The van der Waals surface area contributed by atoms with Gasteiger partial charge >= 0.3 is 0 Å². The number of nitriles is 1. The lowest BCUT2D eigenvalue weighted by molar-refractivity contribution is 0.452. The van der Waals surface area contributed by atoms with E-state index >= 15 is 0 Å². The summed E-state index contributed by atoms with van der Waals surface area (Å²) >= 11 is 0. The summed E-state index contributed by atoms with van der Waals surface area (Å²) in [6.07, 6.45) is 2.28. The van der Waals surface area contributed by atoms with Crippen molar-refractivity contribution in [3.05, 3.63) is 53.2 Å². The lowest BCUT2D eigenvalue weighted by atomic mass is 10.1. The van der Waals surface area contributed by atoms with Crippen LogP contribution in [0.4, 0.5) is 0 Å². The van der Waals surface area contributed by atoms with Crippen LogP contribution in [0.5, 0.6) is 0 Å². The molecule has 0 saturated carbocycles. The monoisotopic (exact) mass is 305 g/mol. The number of oxazole rings is 1. The van der Waals surface area contributed by atoms with E-state index in [1.54, 1.807) is 30.5 Å². The molecule has 7 heteroatoms. The number of aryl methyl sites for hydroxylation is 1. The SMILES string of the molecule is CCc1cnc(CNS(=O)(=O)Cc2ccccc2C#N)o1. The van der Waals surface area contributed by atoms with Crippen molar-refractivity contribution in [1.29, 1.82) is 5.26 Å². The number of benzene rings is 1. The smallest absolute Gasteiger partial charge is 0.216 e. The second-order valence-electron chi connectivity index (χ2n) is 4.42. The van der Waals surface area contributed by atoms with E-state index in [-0.39, 0.29) is 12.3 Å². The van der Waals surface area contributed by atoms with Crippen molar-refractivity contribution < 1.29 is 12.8 Å². The molecule has 0 aliphatic rings. The zero-order valence-electron chi connectivity index (χ0n) is 11.5. The Morgan fingerprint density at radius 1 is 1.38 bits per heavy atom. The third-order valence-corrected chi connectivity index (χ3v) is 4.15. The van der Waals surface area contributed by atoms with Gasteiger partial charge in [-0.25, -0.2) is 18.1 Å². The van der Waals surface area contributed by atoms with Crippen LogP contribution in [0.25, 0.3) is 0 Å². The quantitative estimate of drug-likeness (QED) is 0.876. The molecule has 2 rings (SSSR count). The highest BCUT2D eigenvalue weighted by molar-refractivity contribution is 7.88. The second kappa shape index (κ2) is 6.52. The van der Waals surface area contributed by atoms with Crippen molar-refractivity contribution >= 4 is 10.0 Å². The van der Waals surface area contributed by atoms with Crippen molar-refractivity contribution in [3.8, 4) is 6.07 Å². The van der Waals surface area contributed by atoms with Crippen LogP contribution in [0.15, 0.2) is 34.9 Å². The first-order valence-electron chi connectivity index (χ1n) is 6.43. The minimum Gasteiger partial charge on any atom is -0.444 e. The van der Waals surface area contributed by atoms with E-state index in [4.69, 9.17) is 9.68 Å². The summed E-state index contributed by atoms with van der Waals surface area (Å²) in [6.45, 7) is 1.92. The van der Waals surface area contributed by atoms with Crippen LogP contribution in [0.2, 0.25) is 0 Å². The molecule has 0 fully saturated rings. The number of aromatic nitrogens is 1. The van der Waals surface area contributed by atoms with Crippen LogP contribution in [0, 0.1) is 11.3 Å². The fourth-order valence-corrected chi connectivity index (χ4v) is 2.88. The summed E-state index contributed by atoms with van der Waals surface area (Å²) in [5.74, 6) is 0.779. The van der Waals surface area contributed by atoms with Gasteiger partial charge in [-0.2, -0.15) is 5.26 Å². The Labute approximate surface area is 123 Å². The highest BCUT2D eigenvalue weighted by Gasteiger charge is 2.15. The van der Waals surface area contributed by atoms with E-state index in [0.29, 0.717) is 29.2 Å².